The third kappa shape index (κ3) is 4.79. The molecule has 0 spiro atoms. The zero-order valence-corrected chi connectivity index (χ0v) is 23.3. The number of carboxylic acid groups (broad SMARTS) is 1. The standard InChI is InChI=1S/C28H27Cl2N3O4S/c1-14-10-18(11-15(2)33(14)28-31-22-9-8-17(27(34)35)12-23(22)38-28)36-13-19-25(32-37-26(19)16-6-7-16)24-20(29)4-3-5-21(24)30/h3-5,8-9,12,14-16,18H,6-7,10-11,13H2,1-2H3,(H,34,35)/t14-,15+,18?. The predicted octanol–water partition coefficient (Wildman–Crippen LogP) is 7.80. The molecule has 1 aliphatic heterocycles. The second kappa shape index (κ2) is 10.2. The highest BCUT2D eigenvalue weighted by Crippen LogP contribution is 2.46. The summed E-state index contributed by atoms with van der Waals surface area (Å²) in [5.74, 6) is 0.320. The lowest BCUT2D eigenvalue weighted by atomic mass is 9.95. The van der Waals surface area contributed by atoms with Gasteiger partial charge in [-0.2, -0.15) is 0 Å². The van der Waals surface area contributed by atoms with Crippen molar-refractivity contribution in [3.63, 3.8) is 0 Å². The Labute approximate surface area is 234 Å². The number of piperidine rings is 1. The number of fused-ring (bicyclic) bond motifs is 1. The zero-order valence-electron chi connectivity index (χ0n) is 21.0. The predicted molar refractivity (Wildman–Crippen MR) is 150 cm³/mol. The Bertz CT molecular complexity index is 1480. The first-order chi connectivity index (χ1) is 18.3. The number of thiazole rings is 1. The zero-order chi connectivity index (χ0) is 26.6. The van der Waals surface area contributed by atoms with E-state index in [-0.39, 0.29) is 23.8 Å². The molecule has 0 amide bonds. The van der Waals surface area contributed by atoms with Gasteiger partial charge in [-0.05, 0) is 69.9 Å². The number of rotatable bonds is 7. The first kappa shape index (κ1) is 25.6. The minimum Gasteiger partial charge on any atom is -0.478 e. The third-order valence-electron chi connectivity index (χ3n) is 7.43. The minimum atomic E-state index is -0.931. The molecule has 2 aromatic heterocycles. The maximum absolute atomic E-state index is 11.4. The monoisotopic (exact) mass is 571 g/mol. The molecule has 2 aromatic carbocycles. The fraction of sp³-hybridized carbons (Fsp3) is 0.393. The quantitative estimate of drug-likeness (QED) is 0.242. The number of halogens is 2. The number of anilines is 1. The van der Waals surface area contributed by atoms with Crippen LogP contribution in [0.3, 0.4) is 0 Å². The third-order valence-corrected chi connectivity index (χ3v) is 9.09. The van der Waals surface area contributed by atoms with Crippen LogP contribution in [0.25, 0.3) is 21.5 Å². The van der Waals surface area contributed by atoms with E-state index in [1.807, 2.05) is 18.2 Å². The molecule has 2 fully saturated rings. The van der Waals surface area contributed by atoms with Crippen LogP contribution in [0.1, 0.15) is 67.1 Å². The van der Waals surface area contributed by atoms with E-state index in [9.17, 15) is 9.90 Å². The molecular formula is C28H27Cl2N3O4S. The average molecular weight is 573 g/mol. The molecule has 1 saturated carbocycles. The SMILES string of the molecule is C[C@@H]1CC(OCc2c(-c3c(Cl)cccc3Cl)noc2C2CC2)C[C@H](C)N1c1nc2ccc(C(=O)O)cc2s1. The van der Waals surface area contributed by atoms with Crippen molar-refractivity contribution in [2.24, 2.45) is 0 Å². The first-order valence-electron chi connectivity index (χ1n) is 12.8. The molecule has 6 rings (SSSR count). The lowest BCUT2D eigenvalue weighted by Crippen LogP contribution is -2.49. The van der Waals surface area contributed by atoms with Crippen LogP contribution in [0.15, 0.2) is 40.9 Å². The molecule has 10 heteroatoms. The smallest absolute Gasteiger partial charge is 0.335 e. The lowest BCUT2D eigenvalue weighted by Gasteiger charge is -2.42. The van der Waals surface area contributed by atoms with Crippen molar-refractivity contribution in [2.75, 3.05) is 4.90 Å². The molecule has 0 radical (unpaired) electrons. The first-order valence-corrected chi connectivity index (χ1v) is 14.3. The molecule has 7 nitrogen and oxygen atoms in total. The second-order valence-corrected chi connectivity index (χ2v) is 12.1. The fourth-order valence-electron chi connectivity index (χ4n) is 5.44. The van der Waals surface area contributed by atoms with Crippen molar-refractivity contribution in [2.45, 2.75) is 70.2 Å². The number of benzene rings is 2. The number of carboxylic acids is 1. The normalized spacial score (nSPS) is 21.8. The van der Waals surface area contributed by atoms with Gasteiger partial charge in [0.25, 0.3) is 0 Å². The summed E-state index contributed by atoms with van der Waals surface area (Å²) in [6.07, 6.45) is 3.90. The number of aromatic carboxylic acids is 1. The van der Waals surface area contributed by atoms with Crippen molar-refractivity contribution < 1.29 is 19.2 Å². The highest BCUT2D eigenvalue weighted by Gasteiger charge is 2.36. The number of carbonyl (C=O) groups is 1. The van der Waals surface area contributed by atoms with Crippen LogP contribution < -0.4 is 4.90 Å². The molecule has 3 heterocycles. The maximum atomic E-state index is 11.4. The summed E-state index contributed by atoms with van der Waals surface area (Å²) >= 11 is 14.6. The summed E-state index contributed by atoms with van der Waals surface area (Å²) in [4.78, 5) is 18.5. The van der Waals surface area contributed by atoms with Crippen molar-refractivity contribution in [3.8, 4) is 11.3 Å². The van der Waals surface area contributed by atoms with Gasteiger partial charge in [-0.15, -0.1) is 0 Å². The topological polar surface area (TPSA) is 88.7 Å². The molecule has 4 aromatic rings. The van der Waals surface area contributed by atoms with Crippen LogP contribution >= 0.6 is 34.5 Å². The van der Waals surface area contributed by atoms with Gasteiger partial charge in [-0.25, -0.2) is 9.78 Å². The Balaban J connectivity index is 1.20. The Morgan fingerprint density at radius 3 is 2.53 bits per heavy atom. The van der Waals surface area contributed by atoms with Crippen LogP contribution in [-0.2, 0) is 11.3 Å². The van der Waals surface area contributed by atoms with Crippen molar-refractivity contribution in [1.29, 1.82) is 0 Å². The van der Waals surface area contributed by atoms with Gasteiger partial charge >= 0.3 is 5.97 Å². The van der Waals surface area contributed by atoms with Gasteiger partial charge in [0.15, 0.2) is 5.13 Å². The van der Waals surface area contributed by atoms with Gasteiger partial charge in [-0.3, -0.25) is 0 Å². The fourth-order valence-corrected chi connectivity index (χ4v) is 7.22. The molecular weight excluding hydrogens is 545 g/mol. The van der Waals surface area contributed by atoms with Gasteiger partial charge < -0.3 is 19.3 Å². The molecule has 0 bridgehead atoms. The average Bonchev–Trinajstić information content (AvgIpc) is 3.49. The maximum Gasteiger partial charge on any atom is 0.335 e. The molecule has 2 aliphatic rings. The number of ether oxygens (including phenoxy) is 1. The summed E-state index contributed by atoms with van der Waals surface area (Å²) in [5, 5.41) is 15.7. The number of aromatic nitrogens is 2. The van der Waals surface area contributed by atoms with Crippen LogP contribution in [0, 0.1) is 0 Å². The van der Waals surface area contributed by atoms with E-state index in [1.54, 1.807) is 18.2 Å². The van der Waals surface area contributed by atoms with E-state index in [2.05, 4.69) is 23.9 Å². The van der Waals surface area contributed by atoms with E-state index in [1.165, 1.54) is 11.3 Å². The highest BCUT2D eigenvalue weighted by molar-refractivity contribution is 7.22. The van der Waals surface area contributed by atoms with Gasteiger partial charge in [0.05, 0.1) is 38.5 Å². The Hall–Kier alpha value is -2.65. The second-order valence-electron chi connectivity index (χ2n) is 10.2. The van der Waals surface area contributed by atoms with Gasteiger partial charge in [0.1, 0.15) is 11.5 Å². The van der Waals surface area contributed by atoms with Crippen molar-refractivity contribution >= 4 is 55.9 Å². The van der Waals surface area contributed by atoms with Crippen LogP contribution in [-0.4, -0.2) is 39.4 Å². The molecule has 1 aliphatic carbocycles. The van der Waals surface area contributed by atoms with Crippen LogP contribution in [0.5, 0.6) is 0 Å². The Morgan fingerprint density at radius 2 is 1.87 bits per heavy atom. The largest absolute Gasteiger partial charge is 0.478 e. The summed E-state index contributed by atoms with van der Waals surface area (Å²) in [5.41, 5.74) is 3.38. The summed E-state index contributed by atoms with van der Waals surface area (Å²) in [6.45, 7) is 4.75. The molecule has 1 N–H and O–H groups in total. The Kier molecular flexibility index (Phi) is 6.84. The lowest BCUT2D eigenvalue weighted by molar-refractivity contribution is 0.00974. The summed E-state index contributed by atoms with van der Waals surface area (Å²) < 4.78 is 13.2. The Morgan fingerprint density at radius 1 is 1.16 bits per heavy atom. The number of hydrogen-bond donors (Lipinski definition) is 1. The number of nitrogens with zero attached hydrogens (tertiary/aromatic N) is 3. The van der Waals surface area contributed by atoms with Crippen molar-refractivity contribution in [1.82, 2.24) is 10.1 Å². The molecule has 3 atom stereocenters. The van der Waals surface area contributed by atoms with Crippen molar-refractivity contribution in [3.05, 3.63) is 63.3 Å². The summed E-state index contributed by atoms with van der Waals surface area (Å²) in [6, 6.07) is 10.9. The number of hydrogen-bond acceptors (Lipinski definition) is 7. The molecule has 1 saturated heterocycles. The highest BCUT2D eigenvalue weighted by atomic mass is 35.5. The van der Waals surface area contributed by atoms with Gasteiger partial charge in [-0.1, -0.05) is 45.8 Å². The van der Waals surface area contributed by atoms with E-state index in [0.717, 1.165) is 52.4 Å². The minimum absolute atomic E-state index is 0.0563. The van der Waals surface area contributed by atoms with Gasteiger partial charge in [0.2, 0.25) is 0 Å². The van der Waals surface area contributed by atoms with E-state index < -0.39 is 5.97 Å². The van der Waals surface area contributed by atoms with Gasteiger partial charge in [0, 0.05) is 29.1 Å². The van der Waals surface area contributed by atoms with E-state index in [4.69, 9.17) is 37.4 Å². The van der Waals surface area contributed by atoms with E-state index >= 15 is 0 Å². The van der Waals surface area contributed by atoms with Crippen LogP contribution in [0.4, 0.5) is 5.13 Å². The van der Waals surface area contributed by atoms with Crippen LogP contribution in [0.2, 0.25) is 10.0 Å². The summed E-state index contributed by atoms with van der Waals surface area (Å²) in [7, 11) is 0. The molecule has 198 valence electrons. The molecule has 1 unspecified atom stereocenters. The van der Waals surface area contributed by atoms with E-state index in [0.29, 0.717) is 33.8 Å². The molecule has 38 heavy (non-hydrogen) atoms.